The quantitative estimate of drug-likeness (QED) is 0.696. The average molecular weight is 303 g/mol. The fraction of sp³-hybridized carbons (Fsp3) is 0.438. The highest BCUT2D eigenvalue weighted by atomic mass is 19.1. The van der Waals surface area contributed by atoms with Crippen molar-refractivity contribution in [2.75, 3.05) is 23.7 Å². The van der Waals surface area contributed by atoms with E-state index in [-0.39, 0.29) is 5.82 Å². The van der Waals surface area contributed by atoms with Gasteiger partial charge in [-0.15, -0.1) is 5.10 Å². The second-order valence-corrected chi connectivity index (χ2v) is 5.07. The molecule has 22 heavy (non-hydrogen) atoms. The molecule has 0 radical (unpaired) electrons. The van der Waals surface area contributed by atoms with Gasteiger partial charge in [0.2, 0.25) is 5.95 Å². The maximum atomic E-state index is 13.5. The summed E-state index contributed by atoms with van der Waals surface area (Å²) in [6, 6.07) is 6.79. The summed E-state index contributed by atoms with van der Waals surface area (Å²) in [6.45, 7) is 3.60. The normalized spacial score (nSPS) is 10.5. The number of aromatic nitrogens is 3. The number of hydrogen-bond acceptors (Lipinski definition) is 5. The van der Waals surface area contributed by atoms with Gasteiger partial charge in [0.1, 0.15) is 5.82 Å². The molecule has 0 spiro atoms. The molecule has 0 fully saturated rings. The van der Waals surface area contributed by atoms with E-state index in [1.807, 2.05) is 6.07 Å². The van der Waals surface area contributed by atoms with E-state index in [1.165, 1.54) is 18.9 Å². The first kappa shape index (κ1) is 16.1. The topological polar surface area (TPSA) is 62.7 Å². The highest BCUT2D eigenvalue weighted by Crippen LogP contribution is 2.08. The zero-order valence-corrected chi connectivity index (χ0v) is 12.8. The molecule has 0 saturated heterocycles. The van der Waals surface area contributed by atoms with Crippen LogP contribution in [-0.4, -0.2) is 28.3 Å². The molecule has 118 valence electrons. The summed E-state index contributed by atoms with van der Waals surface area (Å²) in [5.74, 6) is 0.986. The zero-order valence-electron chi connectivity index (χ0n) is 12.8. The van der Waals surface area contributed by atoms with Crippen molar-refractivity contribution in [3.05, 3.63) is 41.8 Å². The summed E-state index contributed by atoms with van der Waals surface area (Å²) in [5, 5.41) is 14.2. The standard InChI is InChI=1S/C16H22FN5/c1-2-3-6-10-19-16-21-15(12-20-22-16)18-11-9-13-7-4-5-8-14(13)17/h4-5,7-8,12H,2-3,6,9-11H2,1H3,(H2,18,19,21,22). The number of rotatable bonds is 9. The molecule has 0 aliphatic rings. The lowest BCUT2D eigenvalue weighted by molar-refractivity contribution is 0.610. The number of nitrogens with zero attached hydrogens (tertiary/aromatic N) is 3. The van der Waals surface area contributed by atoms with Crippen LogP contribution in [0.4, 0.5) is 16.2 Å². The first-order valence-electron chi connectivity index (χ1n) is 7.70. The molecule has 2 rings (SSSR count). The molecule has 0 bridgehead atoms. The summed E-state index contributed by atoms with van der Waals surface area (Å²) in [5.41, 5.74) is 0.690. The van der Waals surface area contributed by atoms with Gasteiger partial charge in [0.15, 0.2) is 5.82 Å². The molecule has 0 saturated carbocycles. The van der Waals surface area contributed by atoms with Crippen molar-refractivity contribution < 1.29 is 4.39 Å². The lowest BCUT2D eigenvalue weighted by Gasteiger charge is -2.08. The molecular weight excluding hydrogens is 281 g/mol. The SMILES string of the molecule is CCCCCNc1nncc(NCCc2ccccc2F)n1. The third-order valence-corrected chi connectivity index (χ3v) is 3.28. The molecular formula is C16H22FN5. The lowest BCUT2D eigenvalue weighted by Crippen LogP contribution is -2.11. The maximum Gasteiger partial charge on any atom is 0.244 e. The van der Waals surface area contributed by atoms with Crippen LogP contribution in [0.25, 0.3) is 0 Å². The second-order valence-electron chi connectivity index (χ2n) is 5.07. The largest absolute Gasteiger partial charge is 0.368 e. The van der Waals surface area contributed by atoms with Gasteiger partial charge in [-0.05, 0) is 24.5 Å². The van der Waals surface area contributed by atoms with Gasteiger partial charge in [0.25, 0.3) is 0 Å². The Morgan fingerprint density at radius 1 is 1.09 bits per heavy atom. The van der Waals surface area contributed by atoms with Crippen LogP contribution in [0.15, 0.2) is 30.5 Å². The van der Waals surface area contributed by atoms with Crippen molar-refractivity contribution in [3.63, 3.8) is 0 Å². The lowest BCUT2D eigenvalue weighted by atomic mass is 10.1. The molecule has 0 atom stereocenters. The number of benzene rings is 1. The minimum absolute atomic E-state index is 0.177. The van der Waals surface area contributed by atoms with Crippen molar-refractivity contribution in [1.29, 1.82) is 0 Å². The molecule has 6 heteroatoms. The monoisotopic (exact) mass is 303 g/mol. The Labute approximate surface area is 130 Å². The van der Waals surface area contributed by atoms with Crippen LogP contribution >= 0.6 is 0 Å². The van der Waals surface area contributed by atoms with E-state index in [0.29, 0.717) is 30.3 Å². The van der Waals surface area contributed by atoms with E-state index in [2.05, 4.69) is 32.7 Å². The number of unbranched alkanes of at least 4 members (excludes halogenated alkanes) is 2. The fourth-order valence-electron chi connectivity index (χ4n) is 2.07. The Morgan fingerprint density at radius 3 is 2.77 bits per heavy atom. The Balaban J connectivity index is 1.79. The molecule has 0 amide bonds. The molecule has 1 aromatic carbocycles. The Hall–Kier alpha value is -2.24. The van der Waals surface area contributed by atoms with Crippen LogP contribution in [0.3, 0.4) is 0 Å². The number of hydrogen-bond donors (Lipinski definition) is 2. The molecule has 1 heterocycles. The van der Waals surface area contributed by atoms with E-state index in [4.69, 9.17) is 0 Å². The Bertz CT molecular complexity index is 576. The predicted molar refractivity (Wildman–Crippen MR) is 86.4 cm³/mol. The molecule has 1 aromatic heterocycles. The Morgan fingerprint density at radius 2 is 1.95 bits per heavy atom. The van der Waals surface area contributed by atoms with Gasteiger partial charge in [0, 0.05) is 13.1 Å². The van der Waals surface area contributed by atoms with Gasteiger partial charge >= 0.3 is 0 Å². The van der Waals surface area contributed by atoms with Crippen molar-refractivity contribution in [3.8, 4) is 0 Å². The second kappa shape index (κ2) is 8.92. The number of halogens is 1. The van der Waals surface area contributed by atoms with E-state index >= 15 is 0 Å². The highest BCUT2D eigenvalue weighted by Gasteiger charge is 2.02. The molecule has 5 nitrogen and oxygen atoms in total. The summed E-state index contributed by atoms with van der Waals surface area (Å²) in [7, 11) is 0. The molecule has 0 aliphatic heterocycles. The summed E-state index contributed by atoms with van der Waals surface area (Å²) in [4.78, 5) is 4.33. The van der Waals surface area contributed by atoms with Crippen molar-refractivity contribution in [2.45, 2.75) is 32.6 Å². The van der Waals surface area contributed by atoms with Gasteiger partial charge in [-0.1, -0.05) is 38.0 Å². The molecule has 0 aliphatic carbocycles. The highest BCUT2D eigenvalue weighted by molar-refractivity contribution is 5.37. The van der Waals surface area contributed by atoms with Gasteiger partial charge in [-0.3, -0.25) is 0 Å². The summed E-state index contributed by atoms with van der Waals surface area (Å²) in [6.07, 6.45) is 5.61. The summed E-state index contributed by atoms with van der Waals surface area (Å²) < 4.78 is 13.5. The Kier molecular flexibility index (Phi) is 6.54. The van der Waals surface area contributed by atoms with Crippen LogP contribution in [0.2, 0.25) is 0 Å². The van der Waals surface area contributed by atoms with Gasteiger partial charge in [-0.25, -0.2) is 4.39 Å². The smallest absolute Gasteiger partial charge is 0.244 e. The van der Waals surface area contributed by atoms with Gasteiger partial charge in [-0.2, -0.15) is 10.1 Å². The molecule has 2 N–H and O–H groups in total. The van der Waals surface area contributed by atoms with Crippen LogP contribution in [-0.2, 0) is 6.42 Å². The number of anilines is 2. The van der Waals surface area contributed by atoms with Crippen LogP contribution < -0.4 is 10.6 Å². The van der Waals surface area contributed by atoms with E-state index in [0.717, 1.165) is 13.0 Å². The third-order valence-electron chi connectivity index (χ3n) is 3.28. The van der Waals surface area contributed by atoms with Gasteiger partial charge < -0.3 is 10.6 Å². The predicted octanol–water partition coefficient (Wildman–Crippen LogP) is 3.27. The maximum absolute atomic E-state index is 13.5. The first-order chi connectivity index (χ1) is 10.8. The van der Waals surface area contributed by atoms with Gasteiger partial charge in [0.05, 0.1) is 6.20 Å². The van der Waals surface area contributed by atoms with Crippen molar-refractivity contribution >= 4 is 11.8 Å². The van der Waals surface area contributed by atoms with Crippen LogP contribution in [0.1, 0.15) is 31.7 Å². The average Bonchev–Trinajstić information content (AvgIpc) is 2.54. The van der Waals surface area contributed by atoms with E-state index in [1.54, 1.807) is 18.3 Å². The summed E-state index contributed by atoms with van der Waals surface area (Å²) >= 11 is 0. The van der Waals surface area contributed by atoms with E-state index < -0.39 is 0 Å². The third kappa shape index (κ3) is 5.27. The van der Waals surface area contributed by atoms with E-state index in [9.17, 15) is 4.39 Å². The number of nitrogens with one attached hydrogen (secondary N) is 2. The molecule has 2 aromatic rings. The minimum atomic E-state index is -0.177. The van der Waals surface area contributed by atoms with Crippen molar-refractivity contribution in [2.24, 2.45) is 0 Å². The van der Waals surface area contributed by atoms with Crippen LogP contribution in [0.5, 0.6) is 0 Å². The molecule has 0 unspecified atom stereocenters. The zero-order chi connectivity index (χ0) is 15.6. The fourth-order valence-corrected chi connectivity index (χ4v) is 2.07. The van der Waals surface area contributed by atoms with Crippen molar-refractivity contribution in [1.82, 2.24) is 15.2 Å². The minimum Gasteiger partial charge on any atom is -0.368 e. The first-order valence-corrected chi connectivity index (χ1v) is 7.70. The van der Waals surface area contributed by atoms with Crippen LogP contribution in [0, 0.1) is 5.82 Å².